The van der Waals surface area contributed by atoms with Gasteiger partial charge in [0.15, 0.2) is 11.5 Å². The average Bonchev–Trinajstić information content (AvgIpc) is 2.53. The maximum atomic E-state index is 12.4. The Morgan fingerprint density at radius 1 is 1.17 bits per heavy atom. The lowest BCUT2D eigenvalue weighted by Gasteiger charge is -2.09. The lowest BCUT2D eigenvalue weighted by atomic mass is 10.1. The van der Waals surface area contributed by atoms with Gasteiger partial charge in [-0.3, -0.25) is 9.59 Å². The van der Waals surface area contributed by atoms with E-state index in [1.54, 1.807) is 45.2 Å². The number of pyridine rings is 1. The van der Waals surface area contributed by atoms with Crippen LogP contribution in [-0.2, 0) is 0 Å². The van der Waals surface area contributed by atoms with Crippen LogP contribution in [0.1, 0.15) is 27.2 Å². The normalized spacial score (nSPS) is 10.8. The number of nitrogens with zero attached hydrogens (tertiary/aromatic N) is 2. The third-order valence-corrected chi connectivity index (χ3v) is 3.54. The maximum absolute atomic E-state index is 12.4. The smallest absolute Gasteiger partial charge is 0.284 e. The fourth-order valence-corrected chi connectivity index (χ4v) is 2.38. The highest BCUT2D eigenvalue weighted by Gasteiger charge is 2.14. The van der Waals surface area contributed by atoms with Crippen LogP contribution in [-0.4, -0.2) is 31.0 Å². The van der Waals surface area contributed by atoms with Gasteiger partial charge in [-0.1, -0.05) is 0 Å². The van der Waals surface area contributed by atoms with Gasteiger partial charge in [-0.15, -0.1) is 0 Å². The van der Waals surface area contributed by atoms with E-state index in [4.69, 9.17) is 15.2 Å². The molecular weight excluding hydrogens is 310 g/mol. The molecule has 0 unspecified atom stereocenters. The molecule has 2 aromatic rings. The van der Waals surface area contributed by atoms with Crippen molar-refractivity contribution in [2.75, 3.05) is 14.2 Å². The summed E-state index contributed by atoms with van der Waals surface area (Å²) in [4.78, 5) is 23.9. The van der Waals surface area contributed by atoms with Crippen molar-refractivity contribution in [1.82, 2.24) is 4.68 Å². The van der Waals surface area contributed by atoms with E-state index in [-0.39, 0.29) is 5.56 Å². The van der Waals surface area contributed by atoms with Crippen molar-refractivity contribution in [3.05, 3.63) is 57.0 Å². The molecule has 0 atom stereocenters. The molecule has 0 saturated carbocycles. The second-order valence-electron chi connectivity index (χ2n) is 5.18. The maximum Gasteiger partial charge on any atom is 0.284 e. The summed E-state index contributed by atoms with van der Waals surface area (Å²) in [7, 11) is 3.08. The van der Waals surface area contributed by atoms with Crippen LogP contribution in [0.4, 0.5) is 0 Å². The zero-order valence-corrected chi connectivity index (χ0v) is 14.0. The minimum Gasteiger partial charge on any atom is -0.493 e. The van der Waals surface area contributed by atoms with Gasteiger partial charge in [-0.2, -0.15) is 5.10 Å². The monoisotopic (exact) mass is 329 g/mol. The SMILES string of the molecule is COc1ccc(C=Nn2c(C)cc(C)c(C(N)=O)c2=O)cc1OC. The van der Waals surface area contributed by atoms with Crippen LogP contribution in [0.3, 0.4) is 0 Å². The summed E-state index contributed by atoms with van der Waals surface area (Å²) >= 11 is 0. The topological polar surface area (TPSA) is 95.9 Å². The van der Waals surface area contributed by atoms with E-state index in [9.17, 15) is 9.59 Å². The van der Waals surface area contributed by atoms with E-state index >= 15 is 0 Å². The fraction of sp³-hybridized carbons (Fsp3) is 0.235. The van der Waals surface area contributed by atoms with Crippen LogP contribution in [0.25, 0.3) is 0 Å². The highest BCUT2D eigenvalue weighted by Crippen LogP contribution is 2.26. The van der Waals surface area contributed by atoms with E-state index in [1.165, 1.54) is 13.3 Å². The zero-order chi connectivity index (χ0) is 17.9. The molecule has 0 bridgehead atoms. The van der Waals surface area contributed by atoms with Gasteiger partial charge in [-0.05, 0) is 49.2 Å². The van der Waals surface area contributed by atoms with Crippen LogP contribution in [0.15, 0.2) is 34.2 Å². The first-order valence-electron chi connectivity index (χ1n) is 7.18. The van der Waals surface area contributed by atoms with E-state index in [0.717, 1.165) is 4.68 Å². The van der Waals surface area contributed by atoms with E-state index < -0.39 is 11.5 Å². The highest BCUT2D eigenvalue weighted by molar-refractivity contribution is 5.94. The minimum atomic E-state index is -0.771. The Hall–Kier alpha value is -3.09. The third-order valence-electron chi connectivity index (χ3n) is 3.54. The van der Waals surface area contributed by atoms with Crippen LogP contribution >= 0.6 is 0 Å². The lowest BCUT2D eigenvalue weighted by molar-refractivity contribution is 0.0997. The largest absolute Gasteiger partial charge is 0.493 e. The number of hydrogen-bond donors (Lipinski definition) is 1. The Kier molecular flexibility index (Phi) is 5.03. The molecule has 0 radical (unpaired) electrons. The summed E-state index contributed by atoms with van der Waals surface area (Å²) in [5.74, 6) is 0.370. The third kappa shape index (κ3) is 3.29. The van der Waals surface area contributed by atoms with E-state index in [1.807, 2.05) is 0 Å². The van der Waals surface area contributed by atoms with Crippen molar-refractivity contribution >= 4 is 12.1 Å². The van der Waals surface area contributed by atoms with Gasteiger partial charge in [0.1, 0.15) is 5.56 Å². The molecule has 0 aliphatic carbocycles. The molecular formula is C17H19N3O4. The molecule has 1 aromatic heterocycles. The summed E-state index contributed by atoms with van der Waals surface area (Å²) in [6.45, 7) is 3.39. The molecule has 2 N–H and O–H groups in total. The van der Waals surface area contributed by atoms with E-state index in [0.29, 0.717) is 28.3 Å². The lowest BCUT2D eigenvalue weighted by Crippen LogP contribution is -2.30. The molecule has 1 heterocycles. The number of benzene rings is 1. The Morgan fingerprint density at radius 3 is 2.42 bits per heavy atom. The molecule has 0 fully saturated rings. The van der Waals surface area contributed by atoms with Gasteiger partial charge in [0.25, 0.3) is 11.5 Å². The number of primary amides is 1. The molecule has 7 nitrogen and oxygen atoms in total. The number of methoxy groups -OCH3 is 2. The van der Waals surface area contributed by atoms with Crippen LogP contribution in [0.2, 0.25) is 0 Å². The van der Waals surface area contributed by atoms with Gasteiger partial charge >= 0.3 is 0 Å². The van der Waals surface area contributed by atoms with Crippen molar-refractivity contribution < 1.29 is 14.3 Å². The minimum absolute atomic E-state index is 0.0648. The van der Waals surface area contributed by atoms with Crippen molar-refractivity contribution in [2.24, 2.45) is 10.8 Å². The first kappa shape index (κ1) is 17.3. The molecule has 1 aromatic carbocycles. The molecule has 0 aliphatic heterocycles. The fourth-order valence-electron chi connectivity index (χ4n) is 2.38. The van der Waals surface area contributed by atoms with Gasteiger partial charge in [-0.25, -0.2) is 4.68 Å². The number of amides is 1. The summed E-state index contributed by atoms with van der Waals surface area (Å²) < 4.78 is 11.5. The van der Waals surface area contributed by atoms with Gasteiger partial charge < -0.3 is 15.2 Å². The van der Waals surface area contributed by atoms with Crippen molar-refractivity contribution in [2.45, 2.75) is 13.8 Å². The second-order valence-corrected chi connectivity index (χ2v) is 5.18. The standard InChI is InChI=1S/C17H19N3O4/c1-10-7-11(2)20(17(22)15(10)16(18)21)19-9-12-5-6-13(23-3)14(8-12)24-4/h5-9H,1-4H3,(H2,18,21). The first-order valence-corrected chi connectivity index (χ1v) is 7.18. The number of hydrogen-bond acceptors (Lipinski definition) is 5. The number of carbonyl (C=O) groups excluding carboxylic acids is 1. The van der Waals surface area contributed by atoms with Crippen molar-refractivity contribution in [1.29, 1.82) is 0 Å². The molecule has 2 rings (SSSR count). The number of carbonyl (C=O) groups is 1. The van der Waals surface area contributed by atoms with Crippen LogP contribution in [0.5, 0.6) is 11.5 Å². The first-order chi connectivity index (χ1) is 11.4. The Balaban J connectivity index is 2.48. The predicted octanol–water partition coefficient (Wildman–Crippen LogP) is 1.46. The summed E-state index contributed by atoms with van der Waals surface area (Å²) in [6, 6.07) is 6.92. The average molecular weight is 329 g/mol. The molecule has 0 spiro atoms. The summed E-state index contributed by atoms with van der Waals surface area (Å²) in [6.07, 6.45) is 1.50. The second kappa shape index (κ2) is 6.99. The number of ether oxygens (including phenoxy) is 2. The van der Waals surface area contributed by atoms with Crippen LogP contribution < -0.4 is 20.8 Å². The van der Waals surface area contributed by atoms with Crippen molar-refractivity contribution in [3.8, 4) is 11.5 Å². The Bertz CT molecular complexity index is 869. The number of aryl methyl sites for hydroxylation is 2. The van der Waals surface area contributed by atoms with Crippen molar-refractivity contribution in [3.63, 3.8) is 0 Å². The Labute approximate surface area is 139 Å². The molecule has 24 heavy (non-hydrogen) atoms. The quantitative estimate of drug-likeness (QED) is 0.840. The number of rotatable bonds is 5. The molecule has 7 heteroatoms. The predicted molar refractivity (Wildman–Crippen MR) is 91.2 cm³/mol. The Morgan fingerprint density at radius 2 is 1.83 bits per heavy atom. The highest BCUT2D eigenvalue weighted by atomic mass is 16.5. The summed E-state index contributed by atoms with van der Waals surface area (Å²) in [5, 5.41) is 4.17. The van der Waals surface area contributed by atoms with Gasteiger partial charge in [0.05, 0.1) is 20.4 Å². The molecule has 0 saturated heterocycles. The van der Waals surface area contributed by atoms with Crippen LogP contribution in [0, 0.1) is 13.8 Å². The zero-order valence-electron chi connectivity index (χ0n) is 14.0. The van der Waals surface area contributed by atoms with E-state index in [2.05, 4.69) is 5.10 Å². The molecule has 126 valence electrons. The number of nitrogens with two attached hydrogens (primary N) is 1. The molecule has 1 amide bonds. The summed E-state index contributed by atoms with van der Waals surface area (Å²) in [5.41, 5.74) is 6.50. The van der Waals surface area contributed by atoms with Gasteiger partial charge in [0, 0.05) is 5.69 Å². The number of aromatic nitrogens is 1. The van der Waals surface area contributed by atoms with Gasteiger partial charge in [0.2, 0.25) is 0 Å². The molecule has 0 aliphatic rings.